The Kier molecular flexibility index (Phi) is 5.45. The van der Waals surface area contributed by atoms with Crippen LogP contribution in [0.25, 0.3) is 0 Å². The molecule has 1 unspecified atom stereocenters. The van der Waals surface area contributed by atoms with Crippen molar-refractivity contribution in [3.8, 4) is 0 Å². The number of amides is 2. The Balaban J connectivity index is 1.72. The van der Waals surface area contributed by atoms with Gasteiger partial charge in [0.05, 0.1) is 0 Å². The van der Waals surface area contributed by atoms with E-state index in [2.05, 4.69) is 5.32 Å². The molecule has 2 rings (SSSR count). The molecule has 0 aromatic carbocycles. The Morgan fingerprint density at radius 3 is 2.58 bits per heavy atom. The zero-order valence-corrected chi connectivity index (χ0v) is 11.8. The molecule has 0 radical (unpaired) electrons. The van der Waals surface area contributed by atoms with Crippen molar-refractivity contribution in [2.24, 2.45) is 0 Å². The molecule has 2 saturated heterocycles. The summed E-state index contributed by atoms with van der Waals surface area (Å²) in [6, 6.07) is 0.171. The van der Waals surface area contributed by atoms with E-state index in [0.717, 1.165) is 25.7 Å². The quantitative estimate of drug-likeness (QED) is 0.782. The SMILES string of the molecule is O=C(CCCl)NC1CCN(C(=O)C2CCCO2)CC1. The van der Waals surface area contributed by atoms with E-state index in [-0.39, 0.29) is 24.0 Å². The van der Waals surface area contributed by atoms with Gasteiger partial charge in [0.1, 0.15) is 6.10 Å². The van der Waals surface area contributed by atoms with Gasteiger partial charge in [0.15, 0.2) is 0 Å². The van der Waals surface area contributed by atoms with Gasteiger partial charge in [-0.15, -0.1) is 11.6 Å². The zero-order valence-electron chi connectivity index (χ0n) is 11.1. The largest absolute Gasteiger partial charge is 0.368 e. The molecule has 19 heavy (non-hydrogen) atoms. The molecular formula is C13H21ClN2O3. The van der Waals surface area contributed by atoms with E-state index in [0.29, 0.717) is 32.0 Å². The summed E-state index contributed by atoms with van der Waals surface area (Å²) in [6.45, 7) is 2.09. The molecular weight excluding hydrogens is 268 g/mol. The van der Waals surface area contributed by atoms with Crippen molar-refractivity contribution < 1.29 is 14.3 Å². The second-order valence-corrected chi connectivity index (χ2v) is 5.49. The normalized spacial score (nSPS) is 24.5. The van der Waals surface area contributed by atoms with E-state index < -0.39 is 0 Å². The second kappa shape index (κ2) is 7.10. The molecule has 0 spiro atoms. The summed E-state index contributed by atoms with van der Waals surface area (Å²) in [6.07, 6.45) is 3.56. The number of ether oxygens (including phenoxy) is 1. The van der Waals surface area contributed by atoms with Gasteiger partial charge in [-0.3, -0.25) is 9.59 Å². The van der Waals surface area contributed by atoms with Crippen LogP contribution in [0.1, 0.15) is 32.1 Å². The highest BCUT2D eigenvalue weighted by molar-refractivity contribution is 6.18. The number of carbonyl (C=O) groups is 2. The molecule has 6 heteroatoms. The predicted octanol–water partition coefficient (Wildman–Crippen LogP) is 0.901. The van der Waals surface area contributed by atoms with Crippen LogP contribution in [0.5, 0.6) is 0 Å². The lowest BCUT2D eigenvalue weighted by atomic mass is 10.0. The summed E-state index contributed by atoms with van der Waals surface area (Å²) < 4.78 is 5.42. The van der Waals surface area contributed by atoms with Gasteiger partial charge in [0.2, 0.25) is 5.91 Å². The Bertz CT molecular complexity index is 324. The van der Waals surface area contributed by atoms with Crippen molar-refractivity contribution in [2.75, 3.05) is 25.6 Å². The maximum atomic E-state index is 12.1. The fraction of sp³-hybridized carbons (Fsp3) is 0.846. The summed E-state index contributed by atoms with van der Waals surface area (Å²) in [5.41, 5.74) is 0. The fourth-order valence-corrected chi connectivity index (χ4v) is 2.78. The molecule has 0 aromatic heterocycles. The van der Waals surface area contributed by atoms with Crippen molar-refractivity contribution in [3.63, 3.8) is 0 Å². The lowest BCUT2D eigenvalue weighted by Gasteiger charge is -2.33. The van der Waals surface area contributed by atoms with E-state index in [4.69, 9.17) is 16.3 Å². The van der Waals surface area contributed by atoms with Crippen LogP contribution in [-0.2, 0) is 14.3 Å². The number of halogens is 1. The minimum absolute atomic E-state index is 0.00102. The Labute approximate surface area is 118 Å². The van der Waals surface area contributed by atoms with E-state index in [1.165, 1.54) is 0 Å². The van der Waals surface area contributed by atoms with Crippen LogP contribution < -0.4 is 5.32 Å². The minimum atomic E-state index is -0.234. The minimum Gasteiger partial charge on any atom is -0.368 e. The summed E-state index contributed by atoms with van der Waals surface area (Å²) >= 11 is 5.52. The van der Waals surface area contributed by atoms with Crippen LogP contribution in [0, 0.1) is 0 Å². The maximum absolute atomic E-state index is 12.1. The second-order valence-electron chi connectivity index (χ2n) is 5.11. The first-order valence-electron chi connectivity index (χ1n) is 6.96. The number of hydrogen-bond acceptors (Lipinski definition) is 3. The number of piperidine rings is 1. The number of rotatable bonds is 4. The first-order chi connectivity index (χ1) is 9.20. The van der Waals surface area contributed by atoms with Gasteiger partial charge in [-0.25, -0.2) is 0 Å². The van der Waals surface area contributed by atoms with Crippen LogP contribution in [0.4, 0.5) is 0 Å². The van der Waals surface area contributed by atoms with Crippen molar-refractivity contribution in [3.05, 3.63) is 0 Å². The molecule has 2 aliphatic rings. The number of nitrogens with one attached hydrogen (secondary N) is 1. The average molecular weight is 289 g/mol. The molecule has 2 fully saturated rings. The van der Waals surface area contributed by atoms with Crippen LogP contribution in [0.3, 0.4) is 0 Å². The molecule has 0 bridgehead atoms. The molecule has 0 aliphatic carbocycles. The van der Waals surface area contributed by atoms with Crippen LogP contribution in [-0.4, -0.2) is 54.4 Å². The van der Waals surface area contributed by atoms with Gasteiger partial charge in [-0.1, -0.05) is 0 Å². The lowest BCUT2D eigenvalue weighted by Crippen LogP contribution is -2.49. The Hall–Kier alpha value is -0.810. The number of carbonyl (C=O) groups excluding carboxylic acids is 2. The van der Waals surface area contributed by atoms with E-state index >= 15 is 0 Å². The molecule has 108 valence electrons. The predicted molar refractivity (Wildman–Crippen MR) is 72.1 cm³/mol. The summed E-state index contributed by atoms with van der Waals surface area (Å²) in [7, 11) is 0. The number of likely N-dealkylation sites (tertiary alicyclic amines) is 1. The maximum Gasteiger partial charge on any atom is 0.251 e. The van der Waals surface area contributed by atoms with Gasteiger partial charge >= 0.3 is 0 Å². The number of nitrogens with zero attached hydrogens (tertiary/aromatic N) is 1. The highest BCUT2D eigenvalue weighted by atomic mass is 35.5. The standard InChI is InChI=1S/C13H21ClN2O3/c14-6-3-12(17)15-10-4-7-16(8-5-10)13(18)11-2-1-9-19-11/h10-11H,1-9H2,(H,15,17). The zero-order chi connectivity index (χ0) is 13.7. The third-order valence-corrected chi connectivity index (χ3v) is 3.89. The molecule has 1 atom stereocenters. The van der Waals surface area contributed by atoms with Gasteiger partial charge in [0, 0.05) is 38.0 Å². The summed E-state index contributed by atoms with van der Waals surface area (Å²) in [5, 5.41) is 2.96. The van der Waals surface area contributed by atoms with Crippen LogP contribution in [0.2, 0.25) is 0 Å². The van der Waals surface area contributed by atoms with Crippen molar-refractivity contribution in [1.82, 2.24) is 10.2 Å². The number of alkyl halides is 1. The first kappa shape index (κ1) is 14.6. The Morgan fingerprint density at radius 2 is 2.00 bits per heavy atom. The highest BCUT2D eigenvalue weighted by Gasteiger charge is 2.31. The third-order valence-electron chi connectivity index (χ3n) is 3.70. The molecule has 0 saturated carbocycles. The van der Waals surface area contributed by atoms with Gasteiger partial charge < -0.3 is 15.0 Å². The molecule has 0 aromatic rings. The monoisotopic (exact) mass is 288 g/mol. The van der Waals surface area contributed by atoms with Crippen LogP contribution >= 0.6 is 11.6 Å². The van der Waals surface area contributed by atoms with Gasteiger partial charge in [0.25, 0.3) is 5.91 Å². The highest BCUT2D eigenvalue weighted by Crippen LogP contribution is 2.18. The van der Waals surface area contributed by atoms with Gasteiger partial charge in [-0.2, -0.15) is 0 Å². The third kappa shape index (κ3) is 4.08. The van der Waals surface area contributed by atoms with Crippen molar-refractivity contribution in [1.29, 1.82) is 0 Å². The summed E-state index contributed by atoms with van der Waals surface area (Å²) in [5.74, 6) is 0.462. The molecule has 5 nitrogen and oxygen atoms in total. The van der Waals surface area contributed by atoms with Gasteiger partial charge in [-0.05, 0) is 25.7 Å². The number of hydrogen-bond donors (Lipinski definition) is 1. The van der Waals surface area contributed by atoms with Crippen molar-refractivity contribution in [2.45, 2.75) is 44.2 Å². The molecule has 2 aliphatic heterocycles. The fourth-order valence-electron chi connectivity index (χ4n) is 2.61. The van der Waals surface area contributed by atoms with Crippen molar-refractivity contribution >= 4 is 23.4 Å². The molecule has 2 heterocycles. The topological polar surface area (TPSA) is 58.6 Å². The first-order valence-corrected chi connectivity index (χ1v) is 7.50. The van der Waals surface area contributed by atoms with E-state index in [1.807, 2.05) is 4.90 Å². The average Bonchev–Trinajstić information content (AvgIpc) is 2.93. The summed E-state index contributed by atoms with van der Waals surface area (Å²) in [4.78, 5) is 25.4. The smallest absolute Gasteiger partial charge is 0.251 e. The Morgan fingerprint density at radius 1 is 1.26 bits per heavy atom. The van der Waals surface area contributed by atoms with E-state index in [9.17, 15) is 9.59 Å². The van der Waals surface area contributed by atoms with Crippen LogP contribution in [0.15, 0.2) is 0 Å². The lowest BCUT2D eigenvalue weighted by molar-refractivity contribution is -0.142. The molecule has 1 N–H and O–H groups in total. The van der Waals surface area contributed by atoms with E-state index in [1.54, 1.807) is 0 Å². The molecule has 2 amide bonds.